The summed E-state index contributed by atoms with van der Waals surface area (Å²) in [5, 5.41) is 0.410. The monoisotopic (exact) mass is 363 g/mol. The third-order valence-electron chi connectivity index (χ3n) is 2.52. The summed E-state index contributed by atoms with van der Waals surface area (Å²) in [5.41, 5.74) is 1.28. The van der Waals surface area contributed by atoms with Crippen LogP contribution < -0.4 is 5.49 Å². The fourth-order valence-corrected chi connectivity index (χ4v) is 1.81. The second-order valence-electron chi connectivity index (χ2n) is 4.09. The maximum absolute atomic E-state index is 11.7. The van der Waals surface area contributed by atoms with Crippen molar-refractivity contribution in [2.24, 2.45) is 4.99 Å². The first-order chi connectivity index (χ1) is 9.86. The number of hydrogen-bond acceptors (Lipinski definition) is 2. The zero-order chi connectivity index (χ0) is 15.5. The minimum Gasteiger partial charge on any atom is -0.328 e. The van der Waals surface area contributed by atoms with Crippen molar-refractivity contribution >= 4 is 52.3 Å². The topological polar surface area (TPSA) is 47.2 Å². The van der Waals surface area contributed by atoms with Crippen molar-refractivity contribution in [3.05, 3.63) is 58.9 Å². The van der Waals surface area contributed by atoms with Crippen LogP contribution in [0.5, 0.6) is 0 Å². The molecule has 0 fully saturated rings. The van der Waals surface area contributed by atoms with Crippen LogP contribution in [0.2, 0.25) is 5.15 Å². The Morgan fingerprint density at radius 1 is 1.24 bits per heavy atom. The molecular weight excluding hydrogens is 356 g/mol. The Bertz CT molecular complexity index is 704. The number of aromatic nitrogens is 2. The fraction of sp³-hybridized carbons (Fsp3) is 0.154. The SMILES string of the molecule is O=C(N=c1ccccn1Cc1ccc(Cl)nc1)C(Cl)(Cl)Cl. The summed E-state index contributed by atoms with van der Waals surface area (Å²) < 4.78 is -0.339. The van der Waals surface area contributed by atoms with E-state index in [-0.39, 0.29) is 0 Å². The second-order valence-corrected chi connectivity index (χ2v) is 6.76. The first kappa shape index (κ1) is 16.3. The number of rotatable bonds is 2. The minimum atomic E-state index is -2.07. The maximum atomic E-state index is 11.7. The highest BCUT2D eigenvalue weighted by Crippen LogP contribution is 2.27. The highest BCUT2D eigenvalue weighted by atomic mass is 35.6. The van der Waals surface area contributed by atoms with E-state index in [0.29, 0.717) is 17.2 Å². The Morgan fingerprint density at radius 2 is 2.00 bits per heavy atom. The standard InChI is InChI=1S/C13H9Cl4N3O/c14-10-5-4-9(7-18-10)8-20-6-2-1-3-11(20)19-12(21)13(15,16)17/h1-7H,8H2. The molecule has 0 N–H and O–H groups in total. The summed E-state index contributed by atoms with van der Waals surface area (Å²) in [6.07, 6.45) is 3.40. The molecule has 0 unspecified atom stereocenters. The normalized spacial score (nSPS) is 12.5. The highest BCUT2D eigenvalue weighted by molar-refractivity contribution is 6.76. The molecule has 2 aromatic rings. The Balaban J connectivity index is 2.35. The molecule has 0 radical (unpaired) electrons. The van der Waals surface area contributed by atoms with Crippen LogP contribution in [-0.4, -0.2) is 19.3 Å². The molecule has 2 aromatic heterocycles. The number of hydrogen-bond donors (Lipinski definition) is 0. The molecule has 0 spiro atoms. The van der Waals surface area contributed by atoms with E-state index in [2.05, 4.69) is 9.98 Å². The number of carbonyl (C=O) groups excluding carboxylic acids is 1. The molecule has 0 aliphatic rings. The molecule has 0 bridgehead atoms. The summed E-state index contributed by atoms with van der Waals surface area (Å²) in [7, 11) is 0. The van der Waals surface area contributed by atoms with E-state index in [9.17, 15) is 4.79 Å². The Kier molecular flexibility index (Phi) is 5.27. The summed E-state index contributed by atoms with van der Waals surface area (Å²) in [6.45, 7) is 0.455. The smallest absolute Gasteiger partial charge is 0.299 e. The van der Waals surface area contributed by atoms with Crippen molar-refractivity contribution in [2.45, 2.75) is 10.3 Å². The van der Waals surface area contributed by atoms with Gasteiger partial charge in [0.15, 0.2) is 0 Å². The number of carbonyl (C=O) groups is 1. The number of halogens is 4. The van der Waals surface area contributed by atoms with E-state index in [0.717, 1.165) is 5.56 Å². The highest BCUT2D eigenvalue weighted by Gasteiger charge is 2.30. The summed E-state index contributed by atoms with van der Waals surface area (Å²) in [5.74, 6) is -0.846. The van der Waals surface area contributed by atoms with Gasteiger partial charge in [0, 0.05) is 12.4 Å². The quantitative estimate of drug-likeness (QED) is 0.605. The van der Waals surface area contributed by atoms with Crippen molar-refractivity contribution in [3.8, 4) is 0 Å². The van der Waals surface area contributed by atoms with Gasteiger partial charge in [0.2, 0.25) is 0 Å². The average molecular weight is 365 g/mol. The zero-order valence-electron chi connectivity index (χ0n) is 10.5. The van der Waals surface area contributed by atoms with E-state index >= 15 is 0 Å². The minimum absolute atomic E-state index is 0.378. The summed E-state index contributed by atoms with van der Waals surface area (Å²) in [4.78, 5) is 19.5. The lowest BCUT2D eigenvalue weighted by Crippen LogP contribution is -2.26. The first-order valence-corrected chi connectivity index (χ1v) is 7.29. The Hall–Kier alpha value is -1.07. The molecule has 2 rings (SSSR count). The largest absolute Gasteiger partial charge is 0.328 e. The molecule has 0 saturated heterocycles. The second kappa shape index (κ2) is 6.79. The van der Waals surface area contributed by atoms with Crippen LogP contribution >= 0.6 is 46.4 Å². The number of amides is 1. The molecule has 0 aromatic carbocycles. The number of alkyl halides is 3. The summed E-state index contributed by atoms with van der Waals surface area (Å²) in [6, 6.07) is 8.71. The van der Waals surface area contributed by atoms with Gasteiger partial charge in [0.1, 0.15) is 10.6 Å². The Labute approximate surface area is 141 Å². The van der Waals surface area contributed by atoms with Crippen molar-refractivity contribution in [3.63, 3.8) is 0 Å². The van der Waals surface area contributed by atoms with Gasteiger partial charge in [0.25, 0.3) is 9.70 Å². The third-order valence-corrected chi connectivity index (χ3v) is 3.23. The molecule has 21 heavy (non-hydrogen) atoms. The van der Waals surface area contributed by atoms with Crippen molar-refractivity contribution < 1.29 is 4.79 Å². The van der Waals surface area contributed by atoms with Crippen LogP contribution in [0.25, 0.3) is 0 Å². The van der Waals surface area contributed by atoms with Crippen LogP contribution in [0, 0.1) is 0 Å². The van der Waals surface area contributed by atoms with E-state index in [1.165, 1.54) is 0 Å². The third kappa shape index (κ3) is 4.71. The average Bonchev–Trinajstić information content (AvgIpc) is 2.42. The van der Waals surface area contributed by atoms with Crippen LogP contribution in [0.3, 0.4) is 0 Å². The molecule has 2 heterocycles. The van der Waals surface area contributed by atoms with E-state index in [1.54, 1.807) is 35.2 Å². The van der Waals surface area contributed by atoms with Crippen molar-refractivity contribution in [1.29, 1.82) is 0 Å². The van der Waals surface area contributed by atoms with E-state index in [1.807, 2.05) is 12.1 Å². The Morgan fingerprint density at radius 3 is 2.62 bits per heavy atom. The lowest BCUT2D eigenvalue weighted by molar-refractivity contribution is -0.117. The van der Waals surface area contributed by atoms with E-state index < -0.39 is 9.70 Å². The molecule has 0 aliphatic heterocycles. The van der Waals surface area contributed by atoms with Gasteiger partial charge >= 0.3 is 0 Å². The van der Waals surface area contributed by atoms with Gasteiger partial charge < -0.3 is 4.57 Å². The zero-order valence-corrected chi connectivity index (χ0v) is 13.5. The predicted octanol–water partition coefficient (Wildman–Crippen LogP) is 3.38. The molecule has 8 heteroatoms. The van der Waals surface area contributed by atoms with Gasteiger partial charge in [-0.2, -0.15) is 4.99 Å². The molecular formula is C13H9Cl4N3O. The number of pyridine rings is 2. The van der Waals surface area contributed by atoms with Crippen LogP contribution in [0.4, 0.5) is 0 Å². The maximum Gasteiger partial charge on any atom is 0.299 e. The molecule has 0 saturated carbocycles. The van der Waals surface area contributed by atoms with Gasteiger partial charge in [-0.15, -0.1) is 0 Å². The van der Waals surface area contributed by atoms with Crippen molar-refractivity contribution in [1.82, 2.24) is 9.55 Å². The first-order valence-electron chi connectivity index (χ1n) is 5.78. The lowest BCUT2D eigenvalue weighted by atomic mass is 10.3. The molecule has 0 atom stereocenters. The van der Waals surface area contributed by atoms with Crippen LogP contribution in [-0.2, 0) is 11.3 Å². The molecule has 4 nitrogen and oxygen atoms in total. The van der Waals surface area contributed by atoms with Gasteiger partial charge in [-0.1, -0.05) is 58.5 Å². The lowest BCUT2D eigenvalue weighted by Gasteiger charge is -2.08. The van der Waals surface area contributed by atoms with Crippen LogP contribution in [0.15, 0.2) is 47.7 Å². The van der Waals surface area contributed by atoms with Crippen LogP contribution in [0.1, 0.15) is 5.56 Å². The predicted molar refractivity (Wildman–Crippen MR) is 83.6 cm³/mol. The number of nitrogens with zero attached hydrogens (tertiary/aromatic N) is 3. The van der Waals surface area contributed by atoms with Crippen molar-refractivity contribution in [2.75, 3.05) is 0 Å². The van der Waals surface area contributed by atoms with E-state index in [4.69, 9.17) is 46.4 Å². The molecule has 0 aliphatic carbocycles. The van der Waals surface area contributed by atoms with Gasteiger partial charge in [-0.05, 0) is 23.8 Å². The summed E-state index contributed by atoms with van der Waals surface area (Å²) >= 11 is 22.3. The van der Waals surface area contributed by atoms with Gasteiger partial charge in [-0.3, -0.25) is 4.79 Å². The molecule has 110 valence electrons. The van der Waals surface area contributed by atoms with Gasteiger partial charge in [-0.25, -0.2) is 4.98 Å². The fourth-order valence-electron chi connectivity index (χ4n) is 1.57. The van der Waals surface area contributed by atoms with Gasteiger partial charge in [0.05, 0.1) is 6.54 Å². The molecule has 1 amide bonds.